The summed E-state index contributed by atoms with van der Waals surface area (Å²) in [5, 5.41) is 4.52. The Labute approximate surface area is 114 Å². The number of anilines is 1. The van der Waals surface area contributed by atoms with Gasteiger partial charge in [0.15, 0.2) is 0 Å². The maximum atomic E-state index is 6.01. The van der Waals surface area contributed by atoms with E-state index >= 15 is 0 Å². The minimum Gasteiger partial charge on any atom is -0.494 e. The van der Waals surface area contributed by atoms with Gasteiger partial charge in [-0.15, -0.1) is 0 Å². The predicted molar refractivity (Wildman–Crippen MR) is 78.2 cm³/mol. The first-order valence-corrected chi connectivity index (χ1v) is 6.69. The highest BCUT2D eigenvalue weighted by molar-refractivity contribution is 5.72. The molecule has 0 radical (unpaired) electrons. The zero-order valence-electron chi connectivity index (χ0n) is 11.8. The Balaban J connectivity index is 2.22. The van der Waals surface area contributed by atoms with Crippen molar-refractivity contribution < 1.29 is 4.74 Å². The summed E-state index contributed by atoms with van der Waals surface area (Å²) in [5.41, 5.74) is 8.56. The molecule has 2 rings (SSSR count). The number of ether oxygens (including phenoxy) is 1. The minimum atomic E-state index is 0.309. The second-order valence-electron chi connectivity index (χ2n) is 4.88. The average Bonchev–Trinajstić information content (AvgIpc) is 2.79. The second-order valence-corrected chi connectivity index (χ2v) is 4.88. The number of hydrogen-bond donors (Lipinski definition) is 1. The average molecular weight is 259 g/mol. The fourth-order valence-corrected chi connectivity index (χ4v) is 1.82. The lowest BCUT2D eigenvalue weighted by Gasteiger charge is -2.05. The van der Waals surface area contributed by atoms with E-state index in [1.807, 2.05) is 35.1 Å². The van der Waals surface area contributed by atoms with Gasteiger partial charge in [-0.25, -0.2) is 0 Å². The van der Waals surface area contributed by atoms with Crippen molar-refractivity contribution in [3.8, 4) is 17.0 Å². The fraction of sp³-hybridized carbons (Fsp3) is 0.400. The van der Waals surface area contributed by atoms with Crippen LogP contribution in [-0.4, -0.2) is 16.4 Å². The van der Waals surface area contributed by atoms with E-state index < -0.39 is 0 Å². The van der Waals surface area contributed by atoms with Crippen LogP contribution in [0.25, 0.3) is 11.3 Å². The molecular weight excluding hydrogens is 238 g/mol. The Morgan fingerprint density at radius 2 is 1.95 bits per heavy atom. The van der Waals surface area contributed by atoms with Crippen molar-refractivity contribution in [3.05, 3.63) is 30.5 Å². The Hall–Kier alpha value is -1.97. The van der Waals surface area contributed by atoms with Crippen LogP contribution in [0.4, 0.5) is 5.69 Å². The van der Waals surface area contributed by atoms with Crippen LogP contribution in [0.5, 0.6) is 5.75 Å². The molecule has 102 valence electrons. The van der Waals surface area contributed by atoms with Crippen molar-refractivity contribution in [1.29, 1.82) is 0 Å². The molecule has 1 aromatic carbocycles. The quantitative estimate of drug-likeness (QED) is 0.894. The number of rotatable bonds is 5. The van der Waals surface area contributed by atoms with Crippen LogP contribution in [0, 0.1) is 0 Å². The molecule has 4 heteroatoms. The van der Waals surface area contributed by atoms with Crippen molar-refractivity contribution in [2.24, 2.45) is 0 Å². The molecule has 0 aliphatic rings. The number of nitrogens with two attached hydrogens (primary N) is 1. The summed E-state index contributed by atoms with van der Waals surface area (Å²) in [6.07, 6.45) is 2.88. The van der Waals surface area contributed by atoms with Crippen LogP contribution < -0.4 is 10.5 Å². The molecule has 0 saturated heterocycles. The van der Waals surface area contributed by atoms with Gasteiger partial charge in [-0.2, -0.15) is 5.10 Å². The van der Waals surface area contributed by atoms with Crippen molar-refractivity contribution in [3.63, 3.8) is 0 Å². The van der Waals surface area contributed by atoms with Crippen LogP contribution in [-0.2, 0) is 0 Å². The number of aromatic nitrogens is 2. The van der Waals surface area contributed by atoms with E-state index in [9.17, 15) is 0 Å². The van der Waals surface area contributed by atoms with Gasteiger partial charge in [0.25, 0.3) is 0 Å². The highest BCUT2D eigenvalue weighted by Crippen LogP contribution is 2.27. The molecule has 0 saturated carbocycles. The summed E-state index contributed by atoms with van der Waals surface area (Å²) in [6.45, 7) is 6.99. The predicted octanol–water partition coefficient (Wildman–Crippen LogP) is 3.50. The van der Waals surface area contributed by atoms with Gasteiger partial charge in [-0.05, 0) is 44.5 Å². The van der Waals surface area contributed by atoms with E-state index in [1.165, 1.54) is 0 Å². The molecular formula is C15H21N3O. The second kappa shape index (κ2) is 5.78. The molecule has 0 amide bonds. The van der Waals surface area contributed by atoms with E-state index in [1.54, 1.807) is 0 Å². The van der Waals surface area contributed by atoms with Gasteiger partial charge in [0.2, 0.25) is 0 Å². The molecule has 1 heterocycles. The molecule has 2 N–H and O–H groups in total. The van der Waals surface area contributed by atoms with Crippen molar-refractivity contribution in [1.82, 2.24) is 9.78 Å². The van der Waals surface area contributed by atoms with Crippen molar-refractivity contribution in [2.75, 3.05) is 12.3 Å². The van der Waals surface area contributed by atoms with Crippen molar-refractivity contribution in [2.45, 2.75) is 33.2 Å². The number of hydrogen-bond acceptors (Lipinski definition) is 3. The van der Waals surface area contributed by atoms with Gasteiger partial charge >= 0.3 is 0 Å². The minimum absolute atomic E-state index is 0.309. The van der Waals surface area contributed by atoms with Gasteiger partial charge in [0, 0.05) is 17.8 Å². The van der Waals surface area contributed by atoms with E-state index in [0.29, 0.717) is 11.7 Å². The first-order valence-electron chi connectivity index (χ1n) is 6.69. The third-order valence-corrected chi connectivity index (χ3v) is 2.89. The third-order valence-electron chi connectivity index (χ3n) is 2.89. The molecule has 0 bridgehead atoms. The summed E-state index contributed by atoms with van der Waals surface area (Å²) in [6, 6.07) is 8.21. The molecule has 1 aromatic heterocycles. The first-order chi connectivity index (χ1) is 9.11. The smallest absolute Gasteiger partial charge is 0.119 e. The zero-order chi connectivity index (χ0) is 13.8. The molecule has 2 aromatic rings. The number of benzene rings is 1. The van der Waals surface area contributed by atoms with Crippen LogP contribution in [0.15, 0.2) is 30.5 Å². The van der Waals surface area contributed by atoms with Gasteiger partial charge in [0.1, 0.15) is 11.4 Å². The van der Waals surface area contributed by atoms with Gasteiger partial charge in [0.05, 0.1) is 12.3 Å². The van der Waals surface area contributed by atoms with Crippen molar-refractivity contribution >= 4 is 5.69 Å². The van der Waals surface area contributed by atoms with Crippen LogP contribution in [0.3, 0.4) is 0 Å². The van der Waals surface area contributed by atoms with Gasteiger partial charge in [-0.3, -0.25) is 4.68 Å². The normalized spacial score (nSPS) is 10.9. The highest BCUT2D eigenvalue weighted by Gasteiger charge is 2.10. The molecule has 0 aliphatic heterocycles. The van der Waals surface area contributed by atoms with E-state index in [2.05, 4.69) is 25.9 Å². The highest BCUT2D eigenvalue weighted by atomic mass is 16.5. The maximum absolute atomic E-state index is 6.01. The molecule has 0 aliphatic carbocycles. The molecule has 0 spiro atoms. The molecule has 0 fully saturated rings. The maximum Gasteiger partial charge on any atom is 0.119 e. The van der Waals surface area contributed by atoms with Crippen LogP contribution in [0.2, 0.25) is 0 Å². The van der Waals surface area contributed by atoms with Crippen LogP contribution >= 0.6 is 0 Å². The monoisotopic (exact) mass is 259 g/mol. The van der Waals surface area contributed by atoms with E-state index in [-0.39, 0.29) is 0 Å². The lowest BCUT2D eigenvalue weighted by Crippen LogP contribution is -2.00. The SMILES string of the molecule is CCCOc1ccc(-c2nn(C(C)C)cc2N)cc1. The molecule has 19 heavy (non-hydrogen) atoms. The lowest BCUT2D eigenvalue weighted by atomic mass is 10.1. The molecule has 0 atom stereocenters. The fourth-order valence-electron chi connectivity index (χ4n) is 1.82. The largest absolute Gasteiger partial charge is 0.494 e. The van der Waals surface area contributed by atoms with Gasteiger partial charge < -0.3 is 10.5 Å². The third kappa shape index (κ3) is 3.08. The first kappa shape index (κ1) is 13.5. The standard InChI is InChI=1S/C15H21N3O/c1-4-9-19-13-7-5-12(6-8-13)15-14(16)10-18(17-15)11(2)3/h5-8,10-11H,4,9,16H2,1-3H3. The van der Waals surface area contributed by atoms with Gasteiger partial charge in [-0.1, -0.05) is 6.92 Å². The summed E-state index contributed by atoms with van der Waals surface area (Å²) in [4.78, 5) is 0. The summed E-state index contributed by atoms with van der Waals surface area (Å²) in [7, 11) is 0. The lowest BCUT2D eigenvalue weighted by molar-refractivity contribution is 0.317. The Morgan fingerprint density at radius 3 is 2.47 bits per heavy atom. The molecule has 0 unspecified atom stereocenters. The van der Waals surface area contributed by atoms with E-state index in [4.69, 9.17) is 10.5 Å². The zero-order valence-corrected chi connectivity index (χ0v) is 11.8. The number of nitrogens with zero attached hydrogens (tertiary/aromatic N) is 2. The summed E-state index contributed by atoms with van der Waals surface area (Å²) in [5.74, 6) is 0.882. The Bertz CT molecular complexity index is 529. The Kier molecular flexibility index (Phi) is 4.10. The summed E-state index contributed by atoms with van der Waals surface area (Å²) < 4.78 is 7.44. The van der Waals surface area contributed by atoms with E-state index in [0.717, 1.165) is 30.0 Å². The number of nitrogen functional groups attached to an aromatic ring is 1. The van der Waals surface area contributed by atoms with Crippen LogP contribution in [0.1, 0.15) is 33.2 Å². The molecule has 4 nitrogen and oxygen atoms in total. The summed E-state index contributed by atoms with van der Waals surface area (Å²) >= 11 is 0. The topological polar surface area (TPSA) is 53.1 Å². The Morgan fingerprint density at radius 1 is 1.26 bits per heavy atom.